The van der Waals surface area contributed by atoms with Crippen molar-refractivity contribution in [3.05, 3.63) is 28.5 Å². The molecule has 0 aromatic carbocycles. The van der Waals surface area contributed by atoms with Gasteiger partial charge >= 0.3 is 5.69 Å². The molecule has 3 heterocycles. The van der Waals surface area contributed by atoms with E-state index in [1.165, 1.54) is 45.2 Å². The van der Waals surface area contributed by atoms with Crippen molar-refractivity contribution < 1.29 is 4.79 Å². The smallest absolute Gasteiger partial charge is 0.352 e. The summed E-state index contributed by atoms with van der Waals surface area (Å²) in [6.07, 6.45) is 9.29. The van der Waals surface area contributed by atoms with Crippen molar-refractivity contribution in [3.8, 4) is 0 Å². The second-order valence-electron chi connectivity index (χ2n) is 7.13. The molecule has 1 N–H and O–H groups in total. The second kappa shape index (κ2) is 7.70. The molecule has 9 nitrogen and oxygen atoms in total. The average Bonchev–Trinajstić information content (AvgIpc) is 3.25. The van der Waals surface area contributed by atoms with Gasteiger partial charge in [-0.25, -0.2) is 18.9 Å². The van der Waals surface area contributed by atoms with E-state index in [2.05, 4.69) is 26.5 Å². The summed E-state index contributed by atoms with van der Waals surface area (Å²) in [7, 11) is 3.79. The molecule has 1 aliphatic rings. The van der Waals surface area contributed by atoms with Crippen LogP contribution in [0.15, 0.2) is 22.8 Å². The molecule has 10 heteroatoms. The Labute approximate surface area is 165 Å². The van der Waals surface area contributed by atoms with Crippen LogP contribution in [0.4, 0.5) is 5.13 Å². The number of hydrogen-bond acceptors (Lipinski definition) is 7. The van der Waals surface area contributed by atoms with Crippen LogP contribution >= 0.6 is 11.3 Å². The predicted molar refractivity (Wildman–Crippen MR) is 109 cm³/mol. The van der Waals surface area contributed by atoms with Gasteiger partial charge in [0.25, 0.3) is 0 Å². The van der Waals surface area contributed by atoms with Gasteiger partial charge in [-0.15, -0.1) is 5.10 Å². The van der Waals surface area contributed by atoms with E-state index in [-0.39, 0.29) is 18.1 Å². The van der Waals surface area contributed by atoms with Crippen LogP contribution in [0.3, 0.4) is 0 Å². The first kappa shape index (κ1) is 18.6. The third-order valence-electron chi connectivity index (χ3n) is 4.80. The highest BCUT2D eigenvalue weighted by atomic mass is 32.1. The van der Waals surface area contributed by atoms with Crippen LogP contribution in [0.2, 0.25) is 0 Å². The minimum absolute atomic E-state index is 0.111. The first-order chi connectivity index (χ1) is 13.5. The van der Waals surface area contributed by atoms with Gasteiger partial charge in [-0.05, 0) is 32.1 Å². The molecule has 0 atom stereocenters. The number of amides is 1. The van der Waals surface area contributed by atoms with E-state index >= 15 is 0 Å². The highest BCUT2D eigenvalue weighted by Gasteiger charge is 2.17. The molecule has 148 valence electrons. The molecule has 0 radical (unpaired) electrons. The minimum atomic E-state index is -0.380. The highest BCUT2D eigenvalue weighted by Crippen LogP contribution is 2.28. The normalized spacial score (nSPS) is 14.4. The zero-order chi connectivity index (χ0) is 19.7. The molecule has 0 spiro atoms. The molecule has 0 aliphatic heterocycles. The summed E-state index contributed by atoms with van der Waals surface area (Å²) in [6.45, 7) is 0.472. The summed E-state index contributed by atoms with van der Waals surface area (Å²) in [5, 5.41) is 8.03. The molecule has 0 fully saturated rings. The van der Waals surface area contributed by atoms with Gasteiger partial charge in [0.05, 0.1) is 0 Å². The number of allylic oxidation sites excluding steroid dienone is 1. The number of nitrogens with one attached hydrogen (secondary N) is 1. The van der Waals surface area contributed by atoms with E-state index in [9.17, 15) is 9.59 Å². The number of nitrogens with zero attached hydrogens (tertiary/aromatic N) is 6. The fourth-order valence-corrected chi connectivity index (χ4v) is 4.22. The Morgan fingerprint density at radius 2 is 2.21 bits per heavy atom. The Kier molecular flexibility index (Phi) is 5.12. The zero-order valence-electron chi connectivity index (χ0n) is 16.0. The largest absolute Gasteiger partial charge is 0.354 e. The van der Waals surface area contributed by atoms with Crippen LogP contribution in [0, 0.1) is 0 Å². The van der Waals surface area contributed by atoms with Gasteiger partial charge in [0.2, 0.25) is 5.91 Å². The fourth-order valence-electron chi connectivity index (χ4n) is 3.31. The summed E-state index contributed by atoms with van der Waals surface area (Å²) in [4.78, 5) is 35.4. The number of anilines is 1. The summed E-state index contributed by atoms with van der Waals surface area (Å²) in [6, 6.07) is 0. The Bertz CT molecular complexity index is 1110. The van der Waals surface area contributed by atoms with Crippen LogP contribution in [0.1, 0.15) is 32.1 Å². The lowest BCUT2D eigenvalue weighted by Crippen LogP contribution is -2.33. The monoisotopic (exact) mass is 401 g/mol. The van der Waals surface area contributed by atoms with Crippen molar-refractivity contribution in [3.63, 3.8) is 0 Å². The van der Waals surface area contributed by atoms with Crippen molar-refractivity contribution in [2.75, 3.05) is 25.5 Å². The van der Waals surface area contributed by atoms with E-state index in [0.29, 0.717) is 17.8 Å². The maximum atomic E-state index is 12.6. The van der Waals surface area contributed by atoms with Crippen LogP contribution in [0.25, 0.3) is 16.0 Å². The van der Waals surface area contributed by atoms with Crippen molar-refractivity contribution >= 4 is 38.4 Å². The molecule has 3 aromatic heterocycles. The second-order valence-corrected chi connectivity index (χ2v) is 8.11. The maximum Gasteiger partial charge on any atom is 0.352 e. The average molecular weight is 401 g/mol. The molecule has 0 bridgehead atoms. The van der Waals surface area contributed by atoms with Gasteiger partial charge in [0.1, 0.15) is 17.6 Å². The number of fused-ring (bicyclic) bond motifs is 3. The van der Waals surface area contributed by atoms with Gasteiger partial charge in [-0.2, -0.15) is 4.98 Å². The molecule has 0 saturated carbocycles. The minimum Gasteiger partial charge on any atom is -0.354 e. The Balaban J connectivity index is 1.49. The quantitative estimate of drug-likeness (QED) is 0.630. The van der Waals surface area contributed by atoms with Crippen LogP contribution in [0.5, 0.6) is 0 Å². The standard InChI is InChI=1S/C18H23N7O2S/c1-23(2)17-21-15-14(28-17)16-22-25(18(27)24(16)11-20-15)10-13(26)19-9-8-12-6-4-3-5-7-12/h6,11H,3-5,7-10H2,1-2H3,(H,19,26). The molecular weight excluding hydrogens is 378 g/mol. The summed E-state index contributed by atoms with van der Waals surface area (Å²) >= 11 is 1.42. The van der Waals surface area contributed by atoms with E-state index < -0.39 is 0 Å². The maximum absolute atomic E-state index is 12.6. The Morgan fingerprint density at radius 1 is 1.36 bits per heavy atom. The lowest BCUT2D eigenvalue weighted by molar-refractivity contribution is -0.121. The lowest BCUT2D eigenvalue weighted by atomic mass is 9.97. The van der Waals surface area contributed by atoms with Crippen molar-refractivity contribution in [1.29, 1.82) is 0 Å². The topological polar surface area (TPSA) is 97.4 Å². The number of carbonyl (C=O) groups excluding carboxylic acids is 1. The number of hydrogen-bond donors (Lipinski definition) is 1. The molecule has 0 saturated heterocycles. The zero-order valence-corrected chi connectivity index (χ0v) is 16.8. The predicted octanol–water partition coefficient (Wildman–Crippen LogP) is 1.57. The van der Waals surface area contributed by atoms with Crippen molar-refractivity contribution in [2.24, 2.45) is 0 Å². The van der Waals surface area contributed by atoms with Crippen molar-refractivity contribution in [2.45, 2.75) is 38.6 Å². The third-order valence-corrected chi connectivity index (χ3v) is 6.00. The SMILES string of the molecule is CN(C)c1nc2ncn3c(=O)n(CC(=O)NCCC4=CCCCC4)nc3c2s1. The molecule has 4 rings (SSSR count). The first-order valence-corrected chi connectivity index (χ1v) is 10.2. The number of carbonyl (C=O) groups is 1. The van der Waals surface area contributed by atoms with Gasteiger partial charge in [-0.3, -0.25) is 4.79 Å². The van der Waals surface area contributed by atoms with E-state index in [0.717, 1.165) is 29.1 Å². The molecule has 1 amide bonds. The van der Waals surface area contributed by atoms with Gasteiger partial charge in [0.15, 0.2) is 16.4 Å². The molecule has 3 aromatic rings. The van der Waals surface area contributed by atoms with Crippen LogP contribution in [-0.4, -0.2) is 50.7 Å². The Hall–Kier alpha value is -2.75. The molecule has 0 unspecified atom stereocenters. The Morgan fingerprint density at radius 3 is 2.96 bits per heavy atom. The third kappa shape index (κ3) is 3.64. The van der Waals surface area contributed by atoms with Crippen LogP contribution in [-0.2, 0) is 11.3 Å². The summed E-state index contributed by atoms with van der Waals surface area (Å²) in [5.41, 5.74) is 2.05. The fraction of sp³-hybridized carbons (Fsp3) is 0.500. The van der Waals surface area contributed by atoms with Crippen LogP contribution < -0.4 is 15.9 Å². The summed E-state index contributed by atoms with van der Waals surface area (Å²) < 4.78 is 3.27. The first-order valence-electron chi connectivity index (χ1n) is 9.39. The number of aromatic nitrogens is 5. The molecular formula is C18H23N7O2S. The summed E-state index contributed by atoms with van der Waals surface area (Å²) in [5.74, 6) is -0.218. The lowest BCUT2D eigenvalue weighted by Gasteiger charge is -2.12. The number of thiazole rings is 1. The van der Waals surface area contributed by atoms with E-state index in [4.69, 9.17) is 0 Å². The van der Waals surface area contributed by atoms with Gasteiger partial charge in [-0.1, -0.05) is 23.0 Å². The van der Waals surface area contributed by atoms with Gasteiger partial charge in [0, 0.05) is 20.6 Å². The number of rotatable bonds is 6. The van der Waals surface area contributed by atoms with Gasteiger partial charge < -0.3 is 10.2 Å². The van der Waals surface area contributed by atoms with Crippen molar-refractivity contribution in [1.82, 2.24) is 29.5 Å². The highest BCUT2D eigenvalue weighted by molar-refractivity contribution is 7.22. The molecule has 1 aliphatic carbocycles. The molecule has 28 heavy (non-hydrogen) atoms. The van der Waals surface area contributed by atoms with E-state index in [1.54, 1.807) is 0 Å². The van der Waals surface area contributed by atoms with E-state index in [1.807, 2.05) is 19.0 Å².